The standard InChI is InChI=1S/C16H20N2O2S/c1-3-13-15(19)17-10-4-5-14(17)16(20)18(13)11-6-8-12(21-2)9-7-11/h6-9,13-14H,3-5,10H2,1-2H3. The summed E-state index contributed by atoms with van der Waals surface area (Å²) in [5.41, 5.74) is 0.838. The van der Waals surface area contributed by atoms with E-state index >= 15 is 0 Å². The number of benzene rings is 1. The SMILES string of the molecule is CCC1C(=O)N2CCCC2C(=O)N1c1ccc(SC)cc1. The third-order valence-corrected chi connectivity index (χ3v) is 5.14. The van der Waals surface area contributed by atoms with Crippen molar-refractivity contribution in [2.24, 2.45) is 0 Å². The summed E-state index contributed by atoms with van der Waals surface area (Å²) in [7, 11) is 0. The predicted molar refractivity (Wildman–Crippen MR) is 84.5 cm³/mol. The first kappa shape index (κ1) is 14.4. The van der Waals surface area contributed by atoms with Gasteiger partial charge in [0.25, 0.3) is 5.91 Å². The summed E-state index contributed by atoms with van der Waals surface area (Å²) < 4.78 is 0. The molecule has 2 aliphatic heterocycles. The Morgan fingerprint density at radius 3 is 2.52 bits per heavy atom. The van der Waals surface area contributed by atoms with Gasteiger partial charge in [-0.1, -0.05) is 6.92 Å². The molecule has 2 atom stereocenters. The second-order valence-corrected chi connectivity index (χ2v) is 6.40. The summed E-state index contributed by atoms with van der Waals surface area (Å²) in [6.07, 6.45) is 4.39. The third-order valence-electron chi connectivity index (χ3n) is 4.39. The molecule has 0 bridgehead atoms. The molecule has 0 aliphatic carbocycles. The van der Waals surface area contributed by atoms with Crippen LogP contribution in [0.25, 0.3) is 0 Å². The number of anilines is 1. The molecule has 4 nitrogen and oxygen atoms in total. The molecular formula is C16H20N2O2S. The Morgan fingerprint density at radius 2 is 1.90 bits per heavy atom. The van der Waals surface area contributed by atoms with E-state index in [1.807, 2.05) is 37.4 Å². The first-order valence-electron chi connectivity index (χ1n) is 7.45. The lowest BCUT2D eigenvalue weighted by molar-refractivity contribution is -0.144. The number of hydrogen-bond acceptors (Lipinski definition) is 3. The lowest BCUT2D eigenvalue weighted by Gasteiger charge is -2.42. The fourth-order valence-corrected chi connectivity index (χ4v) is 3.72. The molecule has 1 aromatic rings. The maximum absolute atomic E-state index is 12.8. The molecule has 0 saturated carbocycles. The normalized spacial score (nSPS) is 25.4. The van der Waals surface area contributed by atoms with Gasteiger partial charge in [-0.2, -0.15) is 0 Å². The second kappa shape index (κ2) is 5.72. The number of hydrogen-bond donors (Lipinski definition) is 0. The van der Waals surface area contributed by atoms with Crippen LogP contribution < -0.4 is 4.90 Å². The molecule has 0 N–H and O–H groups in total. The van der Waals surface area contributed by atoms with Crippen molar-refractivity contribution in [3.8, 4) is 0 Å². The summed E-state index contributed by atoms with van der Waals surface area (Å²) in [4.78, 5) is 30.1. The van der Waals surface area contributed by atoms with Gasteiger partial charge in [0, 0.05) is 17.1 Å². The number of piperazine rings is 1. The van der Waals surface area contributed by atoms with Crippen LogP contribution in [0.3, 0.4) is 0 Å². The Morgan fingerprint density at radius 1 is 1.19 bits per heavy atom. The van der Waals surface area contributed by atoms with E-state index in [9.17, 15) is 9.59 Å². The molecule has 0 aromatic heterocycles. The van der Waals surface area contributed by atoms with E-state index < -0.39 is 0 Å². The summed E-state index contributed by atoms with van der Waals surface area (Å²) >= 11 is 1.67. The minimum atomic E-state index is -0.355. The fraction of sp³-hybridized carbons (Fsp3) is 0.500. The van der Waals surface area contributed by atoms with E-state index in [0.717, 1.165) is 30.0 Å². The number of carbonyl (C=O) groups is 2. The highest BCUT2D eigenvalue weighted by Gasteiger charge is 2.47. The average Bonchev–Trinajstić information content (AvgIpc) is 3.01. The average molecular weight is 304 g/mol. The lowest BCUT2D eigenvalue weighted by atomic mass is 10.0. The number of thioether (sulfide) groups is 1. The van der Waals surface area contributed by atoms with Crippen molar-refractivity contribution in [2.75, 3.05) is 17.7 Å². The first-order valence-corrected chi connectivity index (χ1v) is 8.67. The highest BCUT2D eigenvalue weighted by molar-refractivity contribution is 7.98. The van der Waals surface area contributed by atoms with Gasteiger partial charge in [0.1, 0.15) is 12.1 Å². The zero-order valence-electron chi connectivity index (χ0n) is 12.4. The quantitative estimate of drug-likeness (QED) is 0.806. The monoisotopic (exact) mass is 304 g/mol. The zero-order valence-corrected chi connectivity index (χ0v) is 13.2. The highest BCUT2D eigenvalue weighted by Crippen LogP contribution is 2.32. The molecule has 0 spiro atoms. The van der Waals surface area contributed by atoms with Crippen LogP contribution in [0.15, 0.2) is 29.2 Å². The van der Waals surface area contributed by atoms with Gasteiger partial charge < -0.3 is 4.90 Å². The molecule has 0 radical (unpaired) electrons. The number of fused-ring (bicyclic) bond motifs is 1. The van der Waals surface area contributed by atoms with Crippen LogP contribution in [-0.4, -0.2) is 41.6 Å². The van der Waals surface area contributed by atoms with E-state index in [-0.39, 0.29) is 23.9 Å². The van der Waals surface area contributed by atoms with Gasteiger partial charge in [0.15, 0.2) is 0 Å². The molecule has 5 heteroatoms. The molecule has 1 aromatic carbocycles. The molecule has 2 saturated heterocycles. The molecule has 112 valence electrons. The molecule has 2 aliphatic rings. The topological polar surface area (TPSA) is 40.6 Å². The lowest BCUT2D eigenvalue weighted by Crippen LogP contribution is -2.62. The van der Waals surface area contributed by atoms with Crippen LogP contribution in [0.1, 0.15) is 26.2 Å². The van der Waals surface area contributed by atoms with E-state index in [1.54, 1.807) is 21.6 Å². The van der Waals surface area contributed by atoms with Gasteiger partial charge in [-0.15, -0.1) is 11.8 Å². The van der Waals surface area contributed by atoms with Crippen LogP contribution >= 0.6 is 11.8 Å². The number of rotatable bonds is 3. The number of amides is 2. The van der Waals surface area contributed by atoms with Gasteiger partial charge in [-0.05, 0) is 49.8 Å². The Hall–Kier alpha value is -1.49. The summed E-state index contributed by atoms with van der Waals surface area (Å²) in [6, 6.07) is 7.30. The van der Waals surface area contributed by atoms with Gasteiger partial charge in [-0.25, -0.2) is 0 Å². The smallest absolute Gasteiger partial charge is 0.250 e. The molecule has 2 heterocycles. The van der Waals surface area contributed by atoms with Crippen molar-refractivity contribution >= 4 is 29.3 Å². The third kappa shape index (κ3) is 2.33. The molecule has 21 heavy (non-hydrogen) atoms. The summed E-state index contributed by atoms with van der Waals surface area (Å²) in [5.74, 6) is 0.185. The van der Waals surface area contributed by atoms with Crippen molar-refractivity contribution in [1.29, 1.82) is 0 Å². The predicted octanol–water partition coefficient (Wildman–Crippen LogP) is 2.52. The highest BCUT2D eigenvalue weighted by atomic mass is 32.2. The van der Waals surface area contributed by atoms with Crippen LogP contribution in [0.2, 0.25) is 0 Å². The maximum Gasteiger partial charge on any atom is 0.250 e. The Kier molecular flexibility index (Phi) is 3.93. The van der Waals surface area contributed by atoms with Crippen molar-refractivity contribution in [3.05, 3.63) is 24.3 Å². The second-order valence-electron chi connectivity index (χ2n) is 5.52. The van der Waals surface area contributed by atoms with E-state index in [0.29, 0.717) is 6.42 Å². The van der Waals surface area contributed by atoms with Crippen molar-refractivity contribution in [2.45, 2.75) is 43.2 Å². The van der Waals surface area contributed by atoms with Crippen LogP contribution in [0.5, 0.6) is 0 Å². The van der Waals surface area contributed by atoms with Gasteiger partial charge >= 0.3 is 0 Å². The minimum absolute atomic E-state index is 0.0795. The van der Waals surface area contributed by atoms with Crippen molar-refractivity contribution in [1.82, 2.24) is 4.90 Å². The van der Waals surface area contributed by atoms with Crippen LogP contribution in [-0.2, 0) is 9.59 Å². The van der Waals surface area contributed by atoms with Crippen LogP contribution in [0.4, 0.5) is 5.69 Å². The first-order chi connectivity index (χ1) is 10.2. The summed E-state index contributed by atoms with van der Waals surface area (Å²) in [6.45, 7) is 2.69. The number of nitrogens with zero attached hydrogens (tertiary/aromatic N) is 2. The molecule has 2 unspecified atom stereocenters. The zero-order chi connectivity index (χ0) is 15.0. The Bertz CT molecular complexity index is 558. The largest absolute Gasteiger partial charge is 0.329 e. The van der Waals surface area contributed by atoms with Gasteiger partial charge in [0.2, 0.25) is 5.91 Å². The van der Waals surface area contributed by atoms with E-state index in [2.05, 4.69) is 0 Å². The maximum atomic E-state index is 12.8. The summed E-state index contributed by atoms with van der Waals surface area (Å²) in [5, 5.41) is 0. The minimum Gasteiger partial charge on any atom is -0.329 e. The number of carbonyl (C=O) groups excluding carboxylic acids is 2. The Labute approximate surface area is 129 Å². The van der Waals surface area contributed by atoms with Crippen molar-refractivity contribution in [3.63, 3.8) is 0 Å². The molecule has 3 rings (SSSR count). The molecular weight excluding hydrogens is 284 g/mol. The molecule has 2 fully saturated rings. The van der Waals surface area contributed by atoms with Crippen LogP contribution in [0, 0.1) is 0 Å². The van der Waals surface area contributed by atoms with Crippen molar-refractivity contribution < 1.29 is 9.59 Å². The van der Waals surface area contributed by atoms with E-state index in [4.69, 9.17) is 0 Å². The fourth-order valence-electron chi connectivity index (χ4n) is 3.31. The van der Waals surface area contributed by atoms with Gasteiger partial charge in [-0.3, -0.25) is 14.5 Å². The van der Waals surface area contributed by atoms with E-state index in [1.165, 1.54) is 0 Å². The van der Waals surface area contributed by atoms with Gasteiger partial charge in [0.05, 0.1) is 0 Å². The molecule has 2 amide bonds. The Balaban J connectivity index is 1.97.